The molecule has 2 unspecified atom stereocenters. The number of rotatable bonds is 11. The lowest BCUT2D eigenvalue weighted by Crippen LogP contribution is -2.65. The molecule has 37 heavy (non-hydrogen) atoms. The van der Waals surface area contributed by atoms with E-state index in [1.807, 2.05) is 12.1 Å². The Labute approximate surface area is 215 Å². The maximum atomic E-state index is 12.3. The molecule has 5 atom stereocenters. The van der Waals surface area contributed by atoms with Crippen molar-refractivity contribution < 1.29 is 42.8 Å². The predicted molar refractivity (Wildman–Crippen MR) is 129 cm³/mol. The van der Waals surface area contributed by atoms with Gasteiger partial charge < -0.3 is 33.7 Å². The molecule has 13 nitrogen and oxygen atoms in total. The molecule has 1 amide bonds. The highest BCUT2D eigenvalue weighted by Crippen LogP contribution is 2.28. The quantitative estimate of drug-likeness (QED) is 0.199. The van der Waals surface area contributed by atoms with Gasteiger partial charge in [-0.15, -0.1) is 0 Å². The Kier molecular flexibility index (Phi) is 11.1. The number of methoxy groups -OCH3 is 1. The van der Waals surface area contributed by atoms with Gasteiger partial charge in [-0.05, 0) is 44.0 Å². The van der Waals surface area contributed by atoms with Crippen LogP contribution in [0.3, 0.4) is 0 Å². The fourth-order valence-corrected chi connectivity index (χ4v) is 3.68. The van der Waals surface area contributed by atoms with Gasteiger partial charge in [0, 0.05) is 18.8 Å². The third-order valence-corrected chi connectivity index (χ3v) is 5.03. The Morgan fingerprint density at radius 3 is 2.35 bits per heavy atom. The summed E-state index contributed by atoms with van der Waals surface area (Å²) < 4.78 is 33.5. The smallest absolute Gasteiger partial charge is 0.332 e. The molecule has 1 N–H and O–H groups in total. The molecule has 0 aromatic heterocycles. The van der Waals surface area contributed by atoms with Gasteiger partial charge in [0.25, 0.3) is 0 Å². The molecular weight excluding hydrogens is 488 g/mol. The van der Waals surface area contributed by atoms with Crippen LogP contribution >= 0.6 is 0 Å². The minimum absolute atomic E-state index is 0.0764. The highest BCUT2D eigenvalue weighted by atomic mass is 16.6. The van der Waals surface area contributed by atoms with Crippen molar-refractivity contribution in [2.45, 2.75) is 77.4 Å². The van der Waals surface area contributed by atoms with E-state index in [1.54, 1.807) is 40.0 Å². The number of hydrogen-bond donors (Lipinski definition) is 1. The Balaban J connectivity index is 2.28. The molecule has 204 valence electrons. The van der Waals surface area contributed by atoms with Gasteiger partial charge in [0.2, 0.25) is 5.91 Å². The van der Waals surface area contributed by atoms with Crippen LogP contribution in [0.25, 0.3) is 10.4 Å². The van der Waals surface area contributed by atoms with Crippen molar-refractivity contribution >= 4 is 17.8 Å². The summed E-state index contributed by atoms with van der Waals surface area (Å²) in [7, 11) is 1.57. The summed E-state index contributed by atoms with van der Waals surface area (Å²) in [6, 6.07) is 6.14. The van der Waals surface area contributed by atoms with E-state index in [2.05, 4.69) is 15.3 Å². The summed E-state index contributed by atoms with van der Waals surface area (Å²) in [6.07, 6.45) is -4.42. The number of ether oxygens (including phenoxy) is 6. The van der Waals surface area contributed by atoms with Crippen LogP contribution in [-0.4, -0.2) is 74.4 Å². The van der Waals surface area contributed by atoms with E-state index in [1.165, 1.54) is 13.8 Å². The second kappa shape index (κ2) is 13.8. The molecular formula is C24H34N4O9. The van der Waals surface area contributed by atoms with Crippen LogP contribution in [0.15, 0.2) is 29.4 Å². The second-order valence-electron chi connectivity index (χ2n) is 9.30. The summed E-state index contributed by atoms with van der Waals surface area (Å²) in [5.74, 6) is -1.12. The molecule has 1 fully saturated rings. The summed E-state index contributed by atoms with van der Waals surface area (Å²) >= 11 is 0. The van der Waals surface area contributed by atoms with Crippen LogP contribution in [-0.2, 0) is 44.7 Å². The molecule has 1 aliphatic heterocycles. The van der Waals surface area contributed by atoms with Gasteiger partial charge in [0.05, 0.1) is 20.3 Å². The highest BCUT2D eigenvalue weighted by molar-refractivity contribution is 5.73. The Bertz CT molecular complexity index is 973. The summed E-state index contributed by atoms with van der Waals surface area (Å²) in [5, 5.41) is 6.21. The van der Waals surface area contributed by atoms with Crippen molar-refractivity contribution in [1.82, 2.24) is 5.32 Å². The average Bonchev–Trinajstić information content (AvgIpc) is 2.79. The average molecular weight is 523 g/mol. The third kappa shape index (κ3) is 9.89. The molecule has 13 heteroatoms. The first-order valence-corrected chi connectivity index (χ1v) is 11.6. The van der Waals surface area contributed by atoms with Crippen LogP contribution in [0.1, 0.15) is 40.2 Å². The van der Waals surface area contributed by atoms with Crippen molar-refractivity contribution in [3.05, 3.63) is 40.3 Å². The topological polar surface area (TPSA) is 167 Å². The van der Waals surface area contributed by atoms with Gasteiger partial charge >= 0.3 is 11.9 Å². The van der Waals surface area contributed by atoms with Gasteiger partial charge in [-0.2, -0.15) is 0 Å². The van der Waals surface area contributed by atoms with Crippen molar-refractivity contribution in [1.29, 1.82) is 0 Å². The number of carbonyl (C=O) groups is 3. The highest BCUT2D eigenvalue weighted by Gasteiger charge is 2.49. The van der Waals surface area contributed by atoms with E-state index in [-0.39, 0.29) is 13.2 Å². The van der Waals surface area contributed by atoms with E-state index < -0.39 is 60.6 Å². The van der Waals surface area contributed by atoms with E-state index in [0.717, 1.165) is 5.56 Å². The van der Waals surface area contributed by atoms with E-state index in [9.17, 15) is 14.4 Å². The van der Waals surface area contributed by atoms with E-state index >= 15 is 0 Å². The molecule has 1 heterocycles. The summed E-state index contributed by atoms with van der Waals surface area (Å²) in [5.41, 5.74) is 9.17. The van der Waals surface area contributed by atoms with Crippen LogP contribution in [0, 0.1) is 0 Å². The third-order valence-electron chi connectivity index (χ3n) is 5.03. The number of nitrogens with zero attached hydrogens (tertiary/aromatic N) is 3. The van der Waals surface area contributed by atoms with E-state index in [0.29, 0.717) is 5.75 Å². The zero-order valence-corrected chi connectivity index (χ0v) is 21.8. The zero-order chi connectivity index (χ0) is 27.6. The first kappa shape index (κ1) is 29.8. The molecule has 2 rings (SSSR count). The minimum atomic E-state index is -1.24. The zero-order valence-electron chi connectivity index (χ0n) is 21.8. The number of hydrogen-bond acceptors (Lipinski definition) is 10. The number of carbonyl (C=O) groups excluding carboxylic acids is 3. The van der Waals surface area contributed by atoms with Crippen LogP contribution in [0.4, 0.5) is 0 Å². The lowest BCUT2D eigenvalue weighted by atomic mass is 9.95. The number of amides is 1. The minimum Gasteiger partial charge on any atom is -0.497 e. The number of azide groups is 1. The Hall–Kier alpha value is -3.38. The van der Waals surface area contributed by atoms with Crippen LogP contribution in [0.5, 0.6) is 5.75 Å². The molecule has 0 bridgehead atoms. The lowest BCUT2D eigenvalue weighted by molar-refractivity contribution is -0.227. The normalized spacial score (nSPS) is 23.4. The van der Waals surface area contributed by atoms with Crippen LogP contribution in [0.2, 0.25) is 0 Å². The molecule has 0 radical (unpaired) electrons. The standard InChI is InChI=1S/C24H34N4O9/c1-14(29)26-20-22(35-15(2)30)21(34-13-19(31)37-24(3,4)5)18(36-23(20)27-28-25)12-33-11-16-7-9-17(32-6)10-8-16/h7-10,18,20-23H,11-13H2,1-6H3,(H,26,29)/t18?,20?,21-,22+,23-/m1/s1. The number of esters is 2. The van der Waals surface area contributed by atoms with Crippen molar-refractivity contribution in [3.63, 3.8) is 0 Å². The van der Waals surface area contributed by atoms with E-state index in [4.69, 9.17) is 34.0 Å². The molecule has 1 saturated heterocycles. The molecule has 1 aromatic rings. The van der Waals surface area contributed by atoms with Gasteiger partial charge in [0.15, 0.2) is 12.3 Å². The van der Waals surface area contributed by atoms with Gasteiger partial charge in [-0.1, -0.05) is 17.2 Å². The second-order valence-corrected chi connectivity index (χ2v) is 9.30. The largest absolute Gasteiger partial charge is 0.497 e. The maximum absolute atomic E-state index is 12.3. The molecule has 1 aromatic carbocycles. The molecule has 0 spiro atoms. The fraction of sp³-hybridized carbons (Fsp3) is 0.625. The molecule has 0 aliphatic carbocycles. The summed E-state index contributed by atoms with van der Waals surface area (Å²) in [6.45, 7) is 7.20. The first-order chi connectivity index (χ1) is 17.4. The monoisotopic (exact) mass is 522 g/mol. The Morgan fingerprint density at radius 1 is 1.14 bits per heavy atom. The SMILES string of the molecule is COc1ccc(COCC2O[C@@H](N=[N+]=[N-])C(NC(C)=O)[C@H](OC(C)=O)[C@@H]2OCC(=O)OC(C)(C)C)cc1. The number of nitrogens with one attached hydrogen (secondary N) is 1. The van der Waals surface area contributed by atoms with Crippen LogP contribution < -0.4 is 10.1 Å². The van der Waals surface area contributed by atoms with Gasteiger partial charge in [0.1, 0.15) is 36.2 Å². The first-order valence-electron chi connectivity index (χ1n) is 11.6. The molecule has 1 aliphatic rings. The van der Waals surface area contributed by atoms with Gasteiger partial charge in [-0.3, -0.25) is 9.59 Å². The number of benzene rings is 1. The Morgan fingerprint density at radius 2 is 1.81 bits per heavy atom. The molecule has 0 saturated carbocycles. The maximum Gasteiger partial charge on any atom is 0.332 e. The van der Waals surface area contributed by atoms with Crippen molar-refractivity contribution in [2.75, 3.05) is 20.3 Å². The predicted octanol–water partition coefficient (Wildman–Crippen LogP) is 2.41. The van der Waals surface area contributed by atoms with Crippen molar-refractivity contribution in [2.24, 2.45) is 5.11 Å². The summed E-state index contributed by atoms with van der Waals surface area (Å²) in [4.78, 5) is 39.0. The fourth-order valence-electron chi connectivity index (χ4n) is 3.68. The lowest BCUT2D eigenvalue weighted by Gasteiger charge is -2.44. The van der Waals surface area contributed by atoms with Gasteiger partial charge in [-0.25, -0.2) is 4.79 Å². The van der Waals surface area contributed by atoms with Crippen molar-refractivity contribution in [3.8, 4) is 5.75 Å².